The summed E-state index contributed by atoms with van der Waals surface area (Å²) in [5.74, 6) is 0.422. The molecule has 1 aliphatic carbocycles. The fourth-order valence-corrected chi connectivity index (χ4v) is 4.05. The Labute approximate surface area is 116 Å². The Morgan fingerprint density at radius 3 is 2.05 bits per heavy atom. The van der Waals surface area contributed by atoms with Gasteiger partial charge in [0, 0.05) is 13.2 Å². The minimum absolute atomic E-state index is 0.306. The maximum absolute atomic E-state index is 11.9. The number of hydrogen-bond donors (Lipinski definition) is 1. The zero-order valence-electron chi connectivity index (χ0n) is 12.6. The van der Waals surface area contributed by atoms with Crippen LogP contribution >= 0.6 is 0 Å². The molecule has 0 spiro atoms. The first kappa shape index (κ1) is 14.8. The van der Waals surface area contributed by atoms with Crippen LogP contribution in [0.15, 0.2) is 0 Å². The predicted molar refractivity (Wildman–Crippen MR) is 75.0 cm³/mol. The van der Waals surface area contributed by atoms with Gasteiger partial charge in [0.1, 0.15) is 0 Å². The SMILES string of the molecule is CC(C)(C)C1CCC(C(=O)O)(C2CCOCC2)CC1. The van der Waals surface area contributed by atoms with E-state index >= 15 is 0 Å². The third-order valence-electron chi connectivity index (χ3n) is 5.53. The van der Waals surface area contributed by atoms with Crippen molar-refractivity contribution in [3.63, 3.8) is 0 Å². The van der Waals surface area contributed by atoms with Gasteiger partial charge in [0.25, 0.3) is 0 Å². The van der Waals surface area contributed by atoms with E-state index in [9.17, 15) is 9.90 Å². The van der Waals surface area contributed by atoms with Crippen LogP contribution in [0.5, 0.6) is 0 Å². The van der Waals surface area contributed by atoms with Crippen LogP contribution in [-0.2, 0) is 9.53 Å². The van der Waals surface area contributed by atoms with Crippen LogP contribution in [0.1, 0.15) is 59.3 Å². The summed E-state index contributed by atoms with van der Waals surface area (Å²) in [7, 11) is 0. The van der Waals surface area contributed by atoms with Crippen molar-refractivity contribution in [1.82, 2.24) is 0 Å². The quantitative estimate of drug-likeness (QED) is 0.830. The van der Waals surface area contributed by atoms with E-state index in [2.05, 4.69) is 20.8 Å². The van der Waals surface area contributed by atoms with Gasteiger partial charge in [0.05, 0.1) is 5.41 Å². The molecule has 0 aromatic carbocycles. The van der Waals surface area contributed by atoms with Crippen molar-refractivity contribution in [3.05, 3.63) is 0 Å². The molecule has 0 radical (unpaired) electrons. The summed E-state index contributed by atoms with van der Waals surface area (Å²) in [6.45, 7) is 8.31. The third kappa shape index (κ3) is 2.96. The number of carboxylic acids is 1. The Balaban J connectivity index is 2.09. The van der Waals surface area contributed by atoms with Crippen LogP contribution in [0.25, 0.3) is 0 Å². The number of ether oxygens (including phenoxy) is 1. The lowest BCUT2D eigenvalue weighted by Gasteiger charge is -2.46. The second kappa shape index (κ2) is 5.43. The molecule has 3 heteroatoms. The maximum Gasteiger partial charge on any atom is 0.309 e. The zero-order valence-corrected chi connectivity index (χ0v) is 12.6. The highest BCUT2D eigenvalue weighted by molar-refractivity contribution is 5.75. The van der Waals surface area contributed by atoms with E-state index in [0.717, 1.165) is 51.7 Å². The van der Waals surface area contributed by atoms with Crippen LogP contribution in [0.3, 0.4) is 0 Å². The topological polar surface area (TPSA) is 46.5 Å². The van der Waals surface area contributed by atoms with Crippen molar-refractivity contribution >= 4 is 5.97 Å². The smallest absolute Gasteiger partial charge is 0.309 e. The van der Waals surface area contributed by atoms with Crippen molar-refractivity contribution in [3.8, 4) is 0 Å². The molecule has 1 N–H and O–H groups in total. The maximum atomic E-state index is 11.9. The first-order valence-corrected chi connectivity index (χ1v) is 7.67. The number of carbonyl (C=O) groups is 1. The number of carboxylic acid groups (broad SMARTS) is 1. The fraction of sp³-hybridized carbons (Fsp3) is 0.938. The van der Waals surface area contributed by atoms with E-state index in [0.29, 0.717) is 17.3 Å². The second-order valence-electron chi connectivity index (χ2n) is 7.49. The van der Waals surface area contributed by atoms with E-state index < -0.39 is 11.4 Å². The average Bonchev–Trinajstić information content (AvgIpc) is 2.38. The largest absolute Gasteiger partial charge is 0.481 e. The van der Waals surface area contributed by atoms with Crippen LogP contribution in [0, 0.1) is 22.7 Å². The molecule has 0 amide bonds. The summed E-state index contributed by atoms with van der Waals surface area (Å²) in [6, 6.07) is 0. The molecule has 0 atom stereocenters. The highest BCUT2D eigenvalue weighted by Gasteiger charge is 2.49. The van der Waals surface area contributed by atoms with Crippen molar-refractivity contribution in [2.45, 2.75) is 59.3 Å². The number of hydrogen-bond acceptors (Lipinski definition) is 2. The molecule has 1 saturated heterocycles. The first-order chi connectivity index (χ1) is 8.86. The van der Waals surface area contributed by atoms with Gasteiger partial charge in [-0.1, -0.05) is 20.8 Å². The Kier molecular flexibility index (Phi) is 4.24. The second-order valence-corrected chi connectivity index (χ2v) is 7.49. The lowest BCUT2D eigenvalue weighted by atomic mass is 9.58. The van der Waals surface area contributed by atoms with E-state index in [1.807, 2.05) is 0 Å². The van der Waals surface area contributed by atoms with Gasteiger partial charge in [-0.3, -0.25) is 4.79 Å². The molecule has 0 aromatic rings. The van der Waals surface area contributed by atoms with Gasteiger partial charge in [-0.25, -0.2) is 0 Å². The molecule has 1 saturated carbocycles. The van der Waals surface area contributed by atoms with Crippen molar-refractivity contribution in [2.24, 2.45) is 22.7 Å². The minimum Gasteiger partial charge on any atom is -0.481 e. The van der Waals surface area contributed by atoms with Gasteiger partial charge >= 0.3 is 5.97 Å². The number of rotatable bonds is 2. The highest BCUT2D eigenvalue weighted by Crippen LogP contribution is 2.51. The third-order valence-corrected chi connectivity index (χ3v) is 5.53. The Hall–Kier alpha value is -0.570. The highest BCUT2D eigenvalue weighted by atomic mass is 16.5. The molecule has 2 aliphatic rings. The molecule has 110 valence electrons. The lowest BCUT2D eigenvalue weighted by molar-refractivity contribution is -0.160. The van der Waals surface area contributed by atoms with Gasteiger partial charge < -0.3 is 9.84 Å². The molecule has 0 unspecified atom stereocenters. The molecular formula is C16H28O3. The van der Waals surface area contributed by atoms with Gasteiger partial charge in [-0.05, 0) is 55.8 Å². The molecule has 2 fully saturated rings. The molecule has 1 aliphatic heterocycles. The normalized spacial score (nSPS) is 34.2. The van der Waals surface area contributed by atoms with Gasteiger partial charge in [0.15, 0.2) is 0 Å². The van der Waals surface area contributed by atoms with Crippen LogP contribution in [-0.4, -0.2) is 24.3 Å². The van der Waals surface area contributed by atoms with Crippen LogP contribution < -0.4 is 0 Å². The first-order valence-electron chi connectivity index (χ1n) is 7.67. The van der Waals surface area contributed by atoms with Crippen LogP contribution in [0.4, 0.5) is 0 Å². The fourth-order valence-electron chi connectivity index (χ4n) is 4.05. The standard InChI is InChI=1S/C16H28O3/c1-15(2,3)12-4-8-16(9-5-12,14(17)18)13-6-10-19-11-7-13/h12-13H,4-11H2,1-3H3,(H,17,18). The van der Waals surface area contributed by atoms with E-state index in [4.69, 9.17) is 4.74 Å². The van der Waals surface area contributed by atoms with Crippen molar-refractivity contribution < 1.29 is 14.6 Å². The predicted octanol–water partition coefficient (Wildman–Crippen LogP) is 3.72. The summed E-state index contributed by atoms with van der Waals surface area (Å²) in [4.78, 5) is 11.9. The molecule has 3 nitrogen and oxygen atoms in total. The Morgan fingerprint density at radius 1 is 1.11 bits per heavy atom. The summed E-state index contributed by atoms with van der Waals surface area (Å²) >= 11 is 0. The lowest BCUT2D eigenvalue weighted by Crippen LogP contribution is -2.45. The van der Waals surface area contributed by atoms with E-state index in [1.54, 1.807) is 0 Å². The van der Waals surface area contributed by atoms with Gasteiger partial charge in [-0.15, -0.1) is 0 Å². The minimum atomic E-state index is -0.563. The van der Waals surface area contributed by atoms with Gasteiger partial charge in [-0.2, -0.15) is 0 Å². The Morgan fingerprint density at radius 2 is 1.63 bits per heavy atom. The molecule has 2 rings (SSSR count). The van der Waals surface area contributed by atoms with Crippen LogP contribution in [0.2, 0.25) is 0 Å². The molecule has 19 heavy (non-hydrogen) atoms. The van der Waals surface area contributed by atoms with E-state index in [1.165, 1.54) is 0 Å². The van der Waals surface area contributed by atoms with Crippen molar-refractivity contribution in [2.75, 3.05) is 13.2 Å². The monoisotopic (exact) mass is 268 g/mol. The molecular weight excluding hydrogens is 240 g/mol. The zero-order chi connectivity index (χ0) is 14.1. The molecule has 0 bridgehead atoms. The summed E-state index contributed by atoms with van der Waals surface area (Å²) in [5.41, 5.74) is -0.161. The number of aliphatic carboxylic acids is 1. The summed E-state index contributed by atoms with van der Waals surface area (Å²) in [6.07, 6.45) is 5.68. The Bertz CT molecular complexity index is 315. The molecule has 1 heterocycles. The average molecular weight is 268 g/mol. The molecule has 0 aromatic heterocycles. The summed E-state index contributed by atoms with van der Waals surface area (Å²) in [5, 5.41) is 9.79. The van der Waals surface area contributed by atoms with E-state index in [-0.39, 0.29) is 0 Å². The summed E-state index contributed by atoms with van der Waals surface area (Å²) < 4.78 is 5.40. The van der Waals surface area contributed by atoms with Gasteiger partial charge in [0.2, 0.25) is 0 Å². The van der Waals surface area contributed by atoms with Crippen molar-refractivity contribution in [1.29, 1.82) is 0 Å².